The minimum absolute atomic E-state index is 0.00254. The van der Waals surface area contributed by atoms with Gasteiger partial charge in [0.25, 0.3) is 5.91 Å². The van der Waals surface area contributed by atoms with Crippen LogP contribution in [0.1, 0.15) is 32.6 Å². The highest BCUT2D eigenvalue weighted by Gasteiger charge is 2.35. The van der Waals surface area contributed by atoms with Gasteiger partial charge in [-0.1, -0.05) is 12.1 Å². The molecule has 0 aliphatic carbocycles. The summed E-state index contributed by atoms with van der Waals surface area (Å²) in [5.41, 5.74) is 24.6. The van der Waals surface area contributed by atoms with Gasteiger partial charge in [-0.2, -0.15) is 0 Å². The second-order valence-electron chi connectivity index (χ2n) is 13.5. The first-order chi connectivity index (χ1) is 27.7. The summed E-state index contributed by atoms with van der Waals surface area (Å²) < 4.78 is 0. The number of carbonyl (C=O) groups is 7. The largest absolute Gasteiger partial charge is 0.370 e. The van der Waals surface area contributed by atoms with E-state index in [1.807, 2.05) is 0 Å². The number of guanidine groups is 1. The Hall–Kier alpha value is -6.72. The fraction of sp³-hybridized carbons (Fsp3) is 0.429. The van der Waals surface area contributed by atoms with Gasteiger partial charge in [-0.15, -0.1) is 0 Å². The summed E-state index contributed by atoms with van der Waals surface area (Å²) in [5, 5.41) is 22.7. The van der Waals surface area contributed by atoms with Gasteiger partial charge in [0, 0.05) is 61.9 Å². The lowest BCUT2D eigenvalue weighted by Crippen LogP contribution is -2.63. The Morgan fingerprint density at radius 1 is 0.983 bits per heavy atom. The molecule has 0 saturated carbocycles. The highest BCUT2D eigenvalue weighted by molar-refractivity contribution is 6.03. The summed E-state index contributed by atoms with van der Waals surface area (Å²) in [6.45, 7) is 1.02. The van der Waals surface area contributed by atoms with Crippen molar-refractivity contribution in [2.45, 2.75) is 68.9 Å². The number of benzene rings is 1. The van der Waals surface area contributed by atoms with Gasteiger partial charge in [-0.05, 0) is 50.4 Å². The zero-order chi connectivity index (χ0) is 42.2. The van der Waals surface area contributed by atoms with Gasteiger partial charge in [-0.25, -0.2) is 14.8 Å². The van der Waals surface area contributed by atoms with Crippen LogP contribution in [0.2, 0.25) is 0 Å². The van der Waals surface area contributed by atoms with E-state index in [1.54, 1.807) is 36.7 Å². The number of urea groups is 1. The average molecular weight is 807 g/mol. The molecule has 1 aromatic heterocycles. The lowest BCUT2D eigenvalue weighted by Gasteiger charge is -2.31. The van der Waals surface area contributed by atoms with Crippen molar-refractivity contribution in [3.8, 4) is 11.1 Å². The second-order valence-corrected chi connectivity index (χ2v) is 13.5. The van der Waals surface area contributed by atoms with E-state index in [9.17, 15) is 33.6 Å². The molecule has 2 aliphatic rings. The van der Waals surface area contributed by atoms with Gasteiger partial charge in [0.2, 0.25) is 29.5 Å². The molecule has 2 aliphatic heterocycles. The van der Waals surface area contributed by atoms with Crippen LogP contribution in [0.3, 0.4) is 0 Å². The van der Waals surface area contributed by atoms with Crippen LogP contribution >= 0.6 is 0 Å². The first-order valence-electron chi connectivity index (χ1n) is 18.4. The van der Waals surface area contributed by atoms with Crippen LogP contribution in [0, 0.1) is 0 Å². The summed E-state index contributed by atoms with van der Waals surface area (Å²) in [4.78, 5) is 106. The molecule has 1 saturated heterocycles. The zero-order valence-corrected chi connectivity index (χ0v) is 31.7. The van der Waals surface area contributed by atoms with E-state index in [2.05, 4.69) is 62.8 Å². The van der Waals surface area contributed by atoms with Crippen LogP contribution in [0.4, 0.5) is 10.5 Å². The molecule has 1 aromatic carbocycles. The quantitative estimate of drug-likeness (QED) is 0.0951. The first-order valence-corrected chi connectivity index (χ1v) is 18.4. The SMILES string of the molecule is C[C@@H]1NC(=O)C(N)CNC(=O)[C@H](C2CCN=C(N)N2)NC(=O)/C(=C/NC(=O)Nc2cccc(-c3cncnc3)c2)NC(=O)[C@H](CNC(=O)C[C@@H](N)CCCN)NC1=O. The summed E-state index contributed by atoms with van der Waals surface area (Å²) in [6, 6.07) is -0.979. The number of aromatic nitrogens is 2. The Bertz CT molecular complexity index is 1880. The summed E-state index contributed by atoms with van der Waals surface area (Å²) in [7, 11) is 0. The molecule has 23 heteroatoms. The predicted molar refractivity (Wildman–Crippen MR) is 210 cm³/mol. The summed E-state index contributed by atoms with van der Waals surface area (Å²) in [6.07, 6.45) is 6.61. The standard InChI is InChI=1S/C35H50N16O7/c1-18-29(53)48-25(15-43-27(52)11-21(37)5-3-8-36)31(55)49-26(16-45-35(58)47-22-6-2-4-19(10-22)20-12-40-17-41-13-20)32(56)51-28(24-7-9-42-34(39)50-24)33(57)44-14-23(38)30(54)46-18/h2,4,6,10,12-13,16-18,21,23-25,28H,3,5,7-9,11,14-15,36-38H2,1H3,(H,43,52)(H,44,57)(H,46,54)(H,48,53)(H,49,55)(H,51,56)(H3,39,42,50)(H2,45,47,58)/b26-16-/t18-,21-,23?,24?,25-,28-/m0/s1. The van der Waals surface area contributed by atoms with Gasteiger partial charge in [0.15, 0.2) is 5.96 Å². The van der Waals surface area contributed by atoms with Crippen LogP contribution in [-0.4, -0.2) is 120 Å². The molecule has 0 spiro atoms. The fourth-order valence-electron chi connectivity index (χ4n) is 5.67. The third-order valence-corrected chi connectivity index (χ3v) is 8.84. The van der Waals surface area contributed by atoms with Crippen LogP contribution in [0.5, 0.6) is 0 Å². The Kier molecular flexibility index (Phi) is 16.3. The molecule has 8 amide bonds. The van der Waals surface area contributed by atoms with Crippen molar-refractivity contribution in [3.63, 3.8) is 0 Å². The Morgan fingerprint density at radius 3 is 2.47 bits per heavy atom. The summed E-state index contributed by atoms with van der Waals surface area (Å²) in [5.74, 6) is -5.08. The van der Waals surface area contributed by atoms with E-state index < -0.39 is 96.5 Å². The van der Waals surface area contributed by atoms with Gasteiger partial charge < -0.3 is 70.8 Å². The highest BCUT2D eigenvalue weighted by atomic mass is 16.2. The number of hydrogen-bond acceptors (Lipinski definition) is 15. The lowest BCUT2D eigenvalue weighted by atomic mass is 10.0. The van der Waals surface area contributed by atoms with Crippen LogP contribution < -0.4 is 70.8 Å². The molecular formula is C35H50N16O7. The van der Waals surface area contributed by atoms with Crippen molar-refractivity contribution in [2.24, 2.45) is 27.9 Å². The van der Waals surface area contributed by atoms with E-state index >= 15 is 0 Å². The van der Waals surface area contributed by atoms with E-state index in [-0.39, 0.29) is 25.3 Å². The van der Waals surface area contributed by atoms with E-state index in [1.165, 1.54) is 13.3 Å². The second kappa shape index (κ2) is 21.5. The molecule has 0 radical (unpaired) electrons. The molecule has 23 nitrogen and oxygen atoms in total. The van der Waals surface area contributed by atoms with E-state index in [4.69, 9.17) is 22.9 Å². The van der Waals surface area contributed by atoms with Crippen molar-refractivity contribution in [2.75, 3.05) is 31.5 Å². The minimum Gasteiger partial charge on any atom is -0.370 e. The van der Waals surface area contributed by atoms with Crippen molar-refractivity contribution in [1.82, 2.24) is 52.5 Å². The molecule has 1 fully saturated rings. The molecule has 2 unspecified atom stereocenters. The molecule has 3 heterocycles. The number of amides is 8. The molecule has 58 heavy (non-hydrogen) atoms. The maximum absolute atomic E-state index is 14.0. The molecule has 6 atom stereocenters. The molecule has 17 N–H and O–H groups in total. The summed E-state index contributed by atoms with van der Waals surface area (Å²) >= 11 is 0. The lowest BCUT2D eigenvalue weighted by molar-refractivity contribution is -0.133. The Morgan fingerprint density at radius 2 is 1.74 bits per heavy atom. The van der Waals surface area contributed by atoms with Crippen molar-refractivity contribution < 1.29 is 33.6 Å². The molecule has 312 valence electrons. The number of rotatable bonds is 11. The number of aliphatic imine (C=N–C) groups is 1. The maximum Gasteiger partial charge on any atom is 0.323 e. The monoisotopic (exact) mass is 806 g/mol. The normalized spacial score (nSPS) is 23.4. The van der Waals surface area contributed by atoms with Crippen molar-refractivity contribution in [3.05, 3.63) is 54.9 Å². The average Bonchev–Trinajstić information content (AvgIpc) is 3.20. The van der Waals surface area contributed by atoms with Gasteiger partial charge >= 0.3 is 6.03 Å². The Balaban J connectivity index is 1.64. The molecule has 0 bridgehead atoms. The molecule has 4 rings (SSSR count). The van der Waals surface area contributed by atoms with Crippen molar-refractivity contribution in [1.29, 1.82) is 0 Å². The molecular weight excluding hydrogens is 756 g/mol. The number of nitrogens with zero attached hydrogens (tertiary/aromatic N) is 3. The van der Waals surface area contributed by atoms with Crippen LogP contribution in [-0.2, 0) is 28.8 Å². The number of nitrogens with two attached hydrogens (primary N) is 4. The zero-order valence-electron chi connectivity index (χ0n) is 31.7. The van der Waals surface area contributed by atoms with E-state index in [0.29, 0.717) is 36.2 Å². The highest BCUT2D eigenvalue weighted by Crippen LogP contribution is 2.21. The smallest absolute Gasteiger partial charge is 0.323 e. The van der Waals surface area contributed by atoms with Gasteiger partial charge in [-0.3, -0.25) is 33.8 Å². The van der Waals surface area contributed by atoms with Crippen molar-refractivity contribution >= 4 is 53.1 Å². The number of anilines is 1. The number of hydrogen-bond donors (Lipinski definition) is 13. The van der Waals surface area contributed by atoms with Crippen LogP contribution in [0.25, 0.3) is 11.1 Å². The minimum atomic E-state index is -1.55. The molecule has 2 aromatic rings. The first kappa shape index (κ1) is 44.0. The number of nitrogens with one attached hydrogen (secondary N) is 9. The maximum atomic E-state index is 14.0. The van der Waals surface area contributed by atoms with E-state index in [0.717, 1.165) is 6.20 Å². The third-order valence-electron chi connectivity index (χ3n) is 8.84. The van der Waals surface area contributed by atoms with Gasteiger partial charge in [0.05, 0.1) is 6.04 Å². The van der Waals surface area contributed by atoms with Crippen LogP contribution in [0.15, 0.2) is 59.9 Å². The fourth-order valence-corrected chi connectivity index (χ4v) is 5.67. The third kappa shape index (κ3) is 13.5. The topological polar surface area (TPSA) is 370 Å². The number of carbonyl (C=O) groups excluding carboxylic acids is 7. The predicted octanol–water partition coefficient (Wildman–Crippen LogP) is -4.60. The Labute approximate surface area is 333 Å². The van der Waals surface area contributed by atoms with Gasteiger partial charge in [0.1, 0.15) is 36.2 Å².